The number of nitrogens with zero attached hydrogens (tertiary/aromatic N) is 1. The van der Waals surface area contributed by atoms with Crippen molar-refractivity contribution in [3.63, 3.8) is 0 Å². The summed E-state index contributed by atoms with van der Waals surface area (Å²) in [6.45, 7) is 5.78. The van der Waals surface area contributed by atoms with Crippen LogP contribution in [0, 0.1) is 5.92 Å². The summed E-state index contributed by atoms with van der Waals surface area (Å²) in [6, 6.07) is 4.18. The van der Waals surface area contributed by atoms with Gasteiger partial charge in [-0.25, -0.2) is 0 Å². The lowest BCUT2D eigenvalue weighted by molar-refractivity contribution is 0.165. The van der Waals surface area contributed by atoms with Gasteiger partial charge in [-0.05, 0) is 69.6 Å². The lowest BCUT2D eigenvalue weighted by Crippen LogP contribution is -2.34. The largest absolute Gasteiger partial charge is 0.486 e. The van der Waals surface area contributed by atoms with Crippen molar-refractivity contribution >= 4 is 28.3 Å². The Bertz CT molecular complexity index is 508. The molecule has 2 aliphatic rings. The number of fused-ring (bicyclic) bond motifs is 1. The van der Waals surface area contributed by atoms with Crippen molar-refractivity contribution in [3.05, 3.63) is 22.2 Å². The maximum Gasteiger partial charge on any atom is 0.162 e. The number of benzene rings is 1. The van der Waals surface area contributed by atoms with Crippen LogP contribution >= 0.6 is 28.3 Å². The summed E-state index contributed by atoms with van der Waals surface area (Å²) in [5.74, 6) is 2.62. The zero-order valence-corrected chi connectivity index (χ0v) is 16.0. The number of likely N-dealkylation sites (tertiary alicyclic amines) is 1. The van der Waals surface area contributed by atoms with Gasteiger partial charge in [-0.3, -0.25) is 4.90 Å². The van der Waals surface area contributed by atoms with Gasteiger partial charge >= 0.3 is 0 Å². The van der Waals surface area contributed by atoms with Crippen molar-refractivity contribution in [2.45, 2.75) is 25.8 Å². The fraction of sp³-hybridized carbons (Fsp3) is 0.647. The van der Waals surface area contributed by atoms with Gasteiger partial charge in [0.1, 0.15) is 13.2 Å². The van der Waals surface area contributed by atoms with Gasteiger partial charge in [-0.2, -0.15) is 0 Å². The summed E-state index contributed by atoms with van der Waals surface area (Å²) in [5.41, 5.74) is 1.29. The zero-order valence-electron chi connectivity index (χ0n) is 13.6. The molecular formula is C17H26BrClN2O2. The van der Waals surface area contributed by atoms with Gasteiger partial charge in [-0.1, -0.05) is 15.9 Å². The van der Waals surface area contributed by atoms with E-state index in [0.29, 0.717) is 13.2 Å². The number of rotatable bonds is 5. The Morgan fingerprint density at radius 3 is 2.48 bits per heavy atom. The monoisotopic (exact) mass is 404 g/mol. The molecule has 0 aromatic heterocycles. The highest BCUT2D eigenvalue weighted by Gasteiger charge is 2.21. The summed E-state index contributed by atoms with van der Waals surface area (Å²) >= 11 is 3.68. The second-order valence-electron chi connectivity index (χ2n) is 6.20. The van der Waals surface area contributed by atoms with E-state index >= 15 is 0 Å². The Balaban J connectivity index is 0.00000192. The van der Waals surface area contributed by atoms with Crippen molar-refractivity contribution in [1.29, 1.82) is 0 Å². The molecule has 0 atom stereocenters. The molecule has 3 rings (SSSR count). The molecule has 6 heteroatoms. The van der Waals surface area contributed by atoms with E-state index in [1.165, 1.54) is 37.9 Å². The third-order valence-electron chi connectivity index (χ3n) is 4.61. The molecule has 1 aromatic carbocycles. The van der Waals surface area contributed by atoms with Gasteiger partial charge < -0.3 is 14.8 Å². The minimum absolute atomic E-state index is 0. The highest BCUT2D eigenvalue weighted by Crippen LogP contribution is 2.36. The van der Waals surface area contributed by atoms with E-state index in [9.17, 15) is 0 Å². The van der Waals surface area contributed by atoms with Crippen LogP contribution in [0.25, 0.3) is 0 Å². The van der Waals surface area contributed by atoms with Gasteiger partial charge in [0.15, 0.2) is 11.5 Å². The predicted molar refractivity (Wildman–Crippen MR) is 98.9 cm³/mol. The highest BCUT2D eigenvalue weighted by molar-refractivity contribution is 9.10. The summed E-state index contributed by atoms with van der Waals surface area (Å²) < 4.78 is 12.4. The van der Waals surface area contributed by atoms with E-state index in [1.807, 2.05) is 13.1 Å². The average Bonchev–Trinajstić information content (AvgIpc) is 2.55. The Labute approximate surface area is 153 Å². The molecule has 0 unspecified atom stereocenters. The van der Waals surface area contributed by atoms with Crippen molar-refractivity contribution in [2.24, 2.45) is 5.92 Å². The van der Waals surface area contributed by atoms with Crippen LogP contribution in [0.3, 0.4) is 0 Å². The summed E-state index contributed by atoms with van der Waals surface area (Å²) in [7, 11) is 2.04. The topological polar surface area (TPSA) is 33.7 Å². The van der Waals surface area contributed by atoms with Crippen molar-refractivity contribution in [3.8, 4) is 11.5 Å². The molecule has 0 spiro atoms. The number of hydrogen-bond acceptors (Lipinski definition) is 4. The number of nitrogens with one attached hydrogen (secondary N) is 1. The van der Waals surface area contributed by atoms with Gasteiger partial charge in [-0.15, -0.1) is 12.4 Å². The lowest BCUT2D eigenvalue weighted by Gasteiger charge is -2.32. The van der Waals surface area contributed by atoms with Gasteiger partial charge in [0.2, 0.25) is 0 Å². The van der Waals surface area contributed by atoms with Crippen LogP contribution in [0.15, 0.2) is 16.6 Å². The normalized spacial score (nSPS) is 18.5. The Morgan fingerprint density at radius 2 is 1.83 bits per heavy atom. The molecule has 0 aliphatic carbocycles. The van der Waals surface area contributed by atoms with E-state index in [0.717, 1.165) is 35.0 Å². The molecule has 0 radical (unpaired) electrons. The van der Waals surface area contributed by atoms with Crippen LogP contribution in [0.5, 0.6) is 11.5 Å². The summed E-state index contributed by atoms with van der Waals surface area (Å²) in [4.78, 5) is 2.55. The predicted octanol–water partition coefficient (Wildman–Crippen LogP) is 3.46. The van der Waals surface area contributed by atoms with Gasteiger partial charge in [0, 0.05) is 11.0 Å². The molecule has 2 aliphatic heterocycles. The number of ether oxygens (including phenoxy) is 2. The lowest BCUT2D eigenvalue weighted by atomic mass is 9.93. The molecule has 2 heterocycles. The second kappa shape index (κ2) is 9.11. The second-order valence-corrected chi connectivity index (χ2v) is 7.05. The molecule has 1 fully saturated rings. The molecule has 23 heavy (non-hydrogen) atoms. The third kappa shape index (κ3) is 4.99. The van der Waals surface area contributed by atoms with Crippen molar-refractivity contribution in [2.75, 3.05) is 39.9 Å². The fourth-order valence-electron chi connectivity index (χ4n) is 3.25. The first-order valence-electron chi connectivity index (χ1n) is 8.21. The van der Waals surface area contributed by atoms with Gasteiger partial charge in [0.05, 0.1) is 0 Å². The Morgan fingerprint density at radius 1 is 1.17 bits per heavy atom. The smallest absolute Gasteiger partial charge is 0.162 e. The molecule has 1 N–H and O–H groups in total. The molecule has 1 saturated heterocycles. The molecule has 4 nitrogen and oxygen atoms in total. The zero-order chi connectivity index (χ0) is 15.4. The van der Waals surface area contributed by atoms with Crippen LogP contribution in [0.1, 0.15) is 24.8 Å². The Kier molecular flexibility index (Phi) is 7.47. The molecule has 0 bridgehead atoms. The number of halogens is 2. The Hall–Kier alpha value is -0.490. The van der Waals surface area contributed by atoms with E-state index in [1.54, 1.807) is 0 Å². The van der Waals surface area contributed by atoms with Crippen molar-refractivity contribution in [1.82, 2.24) is 10.2 Å². The average molecular weight is 406 g/mol. The molecule has 130 valence electrons. The highest BCUT2D eigenvalue weighted by atomic mass is 79.9. The van der Waals surface area contributed by atoms with E-state index in [4.69, 9.17) is 9.47 Å². The summed E-state index contributed by atoms with van der Waals surface area (Å²) in [6.07, 6.45) is 3.92. The van der Waals surface area contributed by atoms with Crippen LogP contribution in [0.4, 0.5) is 0 Å². The van der Waals surface area contributed by atoms with Crippen LogP contribution in [-0.4, -0.2) is 44.8 Å². The first-order valence-corrected chi connectivity index (χ1v) is 9.00. The standard InChI is InChI=1S/C17H25BrN2O2.ClH/c1-19-5-2-13-3-6-20(7-4-13)12-14-10-16-17(11-15(14)18)22-9-8-21-16;/h10-11,13,19H,2-9,12H2,1H3;1H. The van der Waals surface area contributed by atoms with Crippen LogP contribution in [0.2, 0.25) is 0 Å². The molecule has 0 amide bonds. The number of piperidine rings is 1. The molecule has 1 aromatic rings. The first kappa shape index (κ1) is 18.8. The maximum atomic E-state index is 5.70. The number of hydrogen-bond donors (Lipinski definition) is 1. The minimum Gasteiger partial charge on any atom is -0.486 e. The van der Waals surface area contributed by atoms with E-state index in [2.05, 4.69) is 32.2 Å². The third-order valence-corrected chi connectivity index (χ3v) is 5.35. The first-order chi connectivity index (χ1) is 10.8. The van der Waals surface area contributed by atoms with Crippen LogP contribution < -0.4 is 14.8 Å². The minimum atomic E-state index is 0. The van der Waals surface area contributed by atoms with E-state index in [-0.39, 0.29) is 12.4 Å². The maximum absolute atomic E-state index is 5.70. The molecular weight excluding hydrogens is 380 g/mol. The van der Waals surface area contributed by atoms with Crippen molar-refractivity contribution < 1.29 is 9.47 Å². The quantitative estimate of drug-likeness (QED) is 0.813. The SMILES string of the molecule is CNCCC1CCN(Cc2cc3c(cc2Br)OCCO3)CC1.Cl. The van der Waals surface area contributed by atoms with Gasteiger partial charge in [0.25, 0.3) is 0 Å². The fourth-order valence-corrected chi connectivity index (χ4v) is 3.70. The molecule has 0 saturated carbocycles. The van der Waals surface area contributed by atoms with E-state index < -0.39 is 0 Å². The summed E-state index contributed by atoms with van der Waals surface area (Å²) in [5, 5.41) is 3.26. The van der Waals surface area contributed by atoms with Crippen LogP contribution in [-0.2, 0) is 6.54 Å².